The van der Waals surface area contributed by atoms with E-state index in [-0.39, 0.29) is 23.0 Å². The molecule has 0 spiro atoms. The van der Waals surface area contributed by atoms with Gasteiger partial charge in [0.25, 0.3) is 5.91 Å². The molecule has 1 heterocycles. The van der Waals surface area contributed by atoms with E-state index in [9.17, 15) is 23.2 Å². The highest BCUT2D eigenvalue weighted by Crippen LogP contribution is 2.32. The maximum atomic E-state index is 13.6. The van der Waals surface area contributed by atoms with Gasteiger partial charge in [0.05, 0.1) is 30.0 Å². The minimum atomic E-state index is -4.76. The van der Waals surface area contributed by atoms with Gasteiger partial charge in [-0.05, 0) is 85.3 Å². The van der Waals surface area contributed by atoms with Gasteiger partial charge in [0.1, 0.15) is 11.4 Å². The molecule has 2 N–H and O–H groups in total. The lowest BCUT2D eigenvalue weighted by Crippen LogP contribution is -2.25. The van der Waals surface area contributed by atoms with E-state index in [4.69, 9.17) is 4.74 Å². The second kappa shape index (κ2) is 12.5. The van der Waals surface area contributed by atoms with Gasteiger partial charge in [0.2, 0.25) is 0 Å². The summed E-state index contributed by atoms with van der Waals surface area (Å²) in [5.74, 6) is 0.653. The molecular formula is C32H30F3N5O2. The minimum absolute atomic E-state index is 0.166. The molecule has 1 amide bonds. The Hall–Kier alpha value is -4.62. The number of hydrogen-bond donors (Lipinski definition) is 2. The van der Waals surface area contributed by atoms with Crippen LogP contribution in [-0.4, -0.2) is 28.8 Å². The summed E-state index contributed by atoms with van der Waals surface area (Å²) in [5.41, 5.74) is 1.21. The van der Waals surface area contributed by atoms with Gasteiger partial charge >= 0.3 is 6.18 Å². The summed E-state index contributed by atoms with van der Waals surface area (Å²) < 4.78 is 47.4. The molecule has 1 saturated carbocycles. The van der Waals surface area contributed by atoms with E-state index in [1.807, 2.05) is 49.4 Å². The molecule has 1 aliphatic rings. The number of carbonyl (C=O) groups excluding carboxylic acids is 1. The van der Waals surface area contributed by atoms with Crippen LogP contribution >= 0.6 is 0 Å². The number of benzene rings is 3. The molecule has 10 heteroatoms. The van der Waals surface area contributed by atoms with Crippen molar-refractivity contribution in [2.45, 2.75) is 38.4 Å². The van der Waals surface area contributed by atoms with E-state index in [2.05, 4.69) is 15.7 Å². The van der Waals surface area contributed by atoms with Crippen molar-refractivity contribution in [2.75, 3.05) is 18.5 Å². The molecule has 1 aliphatic carbocycles. The summed E-state index contributed by atoms with van der Waals surface area (Å²) in [6.07, 6.45) is -1.48. The lowest BCUT2D eigenvalue weighted by Gasteiger charge is -2.21. The fraction of sp³-hybridized carbons (Fsp3) is 0.281. The van der Waals surface area contributed by atoms with Crippen molar-refractivity contribution in [1.82, 2.24) is 15.1 Å². The Kier molecular flexibility index (Phi) is 8.59. The Bertz CT molecular complexity index is 1590. The predicted molar refractivity (Wildman–Crippen MR) is 152 cm³/mol. The zero-order valence-corrected chi connectivity index (χ0v) is 23.0. The number of ether oxygens (including phenoxy) is 1. The second-order valence-electron chi connectivity index (χ2n) is 10.3. The number of nitrogens with one attached hydrogen (secondary N) is 2. The van der Waals surface area contributed by atoms with Gasteiger partial charge in [-0.3, -0.25) is 4.79 Å². The second-order valence-corrected chi connectivity index (χ2v) is 10.3. The topological polar surface area (TPSA) is 92.0 Å². The van der Waals surface area contributed by atoms with Crippen molar-refractivity contribution in [3.63, 3.8) is 0 Å². The number of nitrogens with zero attached hydrogens (tertiary/aromatic N) is 3. The largest absolute Gasteiger partial charge is 0.494 e. The van der Waals surface area contributed by atoms with E-state index in [1.54, 1.807) is 12.1 Å². The van der Waals surface area contributed by atoms with Gasteiger partial charge in [0, 0.05) is 11.8 Å². The van der Waals surface area contributed by atoms with Crippen LogP contribution in [0.5, 0.6) is 5.75 Å². The van der Waals surface area contributed by atoms with Crippen LogP contribution < -0.4 is 15.4 Å². The lowest BCUT2D eigenvalue weighted by molar-refractivity contribution is -0.141. The fourth-order valence-electron chi connectivity index (χ4n) is 4.59. The Morgan fingerprint density at radius 2 is 1.83 bits per heavy atom. The summed E-state index contributed by atoms with van der Waals surface area (Å²) >= 11 is 0. The van der Waals surface area contributed by atoms with Crippen molar-refractivity contribution in [1.29, 1.82) is 5.26 Å². The van der Waals surface area contributed by atoms with Crippen molar-refractivity contribution < 1.29 is 22.7 Å². The van der Waals surface area contributed by atoms with Crippen LogP contribution in [0.4, 0.5) is 18.9 Å². The summed E-state index contributed by atoms with van der Waals surface area (Å²) in [5, 5.41) is 19.3. The molecule has 5 rings (SSSR count). The van der Waals surface area contributed by atoms with Gasteiger partial charge in [-0.1, -0.05) is 37.3 Å². The first-order valence-corrected chi connectivity index (χ1v) is 13.8. The first kappa shape index (κ1) is 28.9. The Balaban J connectivity index is 1.43. The number of aromatic nitrogens is 2. The van der Waals surface area contributed by atoms with E-state index in [1.165, 1.54) is 37.1 Å². The van der Waals surface area contributed by atoms with Crippen molar-refractivity contribution in [3.8, 4) is 17.5 Å². The third-order valence-electron chi connectivity index (χ3n) is 6.92. The summed E-state index contributed by atoms with van der Waals surface area (Å²) in [6.45, 7) is 3.53. The molecule has 216 valence electrons. The zero-order valence-electron chi connectivity index (χ0n) is 23.0. The number of amides is 1. The predicted octanol–water partition coefficient (Wildman–Crippen LogP) is 6.89. The summed E-state index contributed by atoms with van der Waals surface area (Å²) in [6, 6.07) is 23.5. The highest BCUT2D eigenvalue weighted by Gasteiger charge is 2.36. The van der Waals surface area contributed by atoms with Crippen LogP contribution in [0.15, 0.2) is 78.9 Å². The molecule has 0 aliphatic heterocycles. The average Bonchev–Trinajstić information content (AvgIpc) is 3.70. The Labute approximate surface area is 241 Å². The molecule has 42 heavy (non-hydrogen) atoms. The van der Waals surface area contributed by atoms with Gasteiger partial charge in [-0.2, -0.15) is 23.5 Å². The van der Waals surface area contributed by atoms with E-state index >= 15 is 0 Å². The molecule has 3 aromatic carbocycles. The summed E-state index contributed by atoms with van der Waals surface area (Å²) in [4.78, 5) is 13.4. The third-order valence-corrected chi connectivity index (χ3v) is 6.92. The van der Waals surface area contributed by atoms with Gasteiger partial charge in [-0.25, -0.2) is 4.68 Å². The number of anilines is 1. The van der Waals surface area contributed by atoms with Crippen LogP contribution in [0, 0.1) is 17.2 Å². The first-order chi connectivity index (χ1) is 20.2. The molecule has 1 fully saturated rings. The molecule has 0 bridgehead atoms. The van der Waals surface area contributed by atoms with Crippen molar-refractivity contribution >= 4 is 11.6 Å². The van der Waals surface area contributed by atoms with Crippen LogP contribution in [0.25, 0.3) is 5.69 Å². The molecule has 1 unspecified atom stereocenters. The van der Waals surface area contributed by atoms with Gasteiger partial charge in [-0.15, -0.1) is 0 Å². The van der Waals surface area contributed by atoms with E-state index in [0.717, 1.165) is 34.5 Å². The molecule has 1 atom stereocenters. The van der Waals surface area contributed by atoms with Crippen molar-refractivity contribution in [2.24, 2.45) is 5.92 Å². The third kappa shape index (κ3) is 6.98. The van der Waals surface area contributed by atoms with Crippen molar-refractivity contribution in [3.05, 3.63) is 107 Å². The lowest BCUT2D eigenvalue weighted by atomic mass is 9.97. The zero-order chi connectivity index (χ0) is 29.7. The Morgan fingerprint density at radius 1 is 1.07 bits per heavy atom. The standard InChI is InChI=1S/C32H30F3N5O2/c1-2-15-42-27-13-11-23(12-14-27)30(37-20-21-9-10-21)24-6-4-7-25(17-24)38-31(41)28-18-29(32(33,34)35)39-40(28)26-8-3-5-22(16-26)19-36/h3-8,11-14,16-18,21,30,37H,2,9-10,15,20H2,1H3,(H,38,41). The minimum Gasteiger partial charge on any atom is -0.494 e. The smallest absolute Gasteiger partial charge is 0.435 e. The number of carbonyl (C=O) groups is 1. The first-order valence-electron chi connectivity index (χ1n) is 13.8. The molecule has 1 aromatic heterocycles. The number of alkyl halides is 3. The molecule has 4 aromatic rings. The van der Waals surface area contributed by atoms with Crippen LogP contribution in [0.3, 0.4) is 0 Å². The summed E-state index contributed by atoms with van der Waals surface area (Å²) in [7, 11) is 0. The maximum absolute atomic E-state index is 13.6. The highest BCUT2D eigenvalue weighted by atomic mass is 19.4. The maximum Gasteiger partial charge on any atom is 0.435 e. The molecule has 7 nitrogen and oxygen atoms in total. The number of nitriles is 1. The quantitative estimate of drug-likeness (QED) is 0.204. The number of halogens is 3. The molecule has 0 saturated heterocycles. The number of rotatable bonds is 11. The average molecular weight is 574 g/mol. The van der Waals surface area contributed by atoms with E-state index < -0.39 is 17.8 Å². The highest BCUT2D eigenvalue weighted by molar-refractivity contribution is 6.03. The molecule has 0 radical (unpaired) electrons. The SMILES string of the molecule is CCCOc1ccc(C(NCC2CC2)c2cccc(NC(=O)c3cc(C(F)(F)F)nn3-c3cccc(C#N)c3)c2)cc1. The van der Waals surface area contributed by atoms with Crippen LogP contribution in [-0.2, 0) is 6.18 Å². The Morgan fingerprint density at radius 3 is 2.52 bits per heavy atom. The monoisotopic (exact) mass is 573 g/mol. The normalized spacial score (nSPS) is 13.8. The van der Waals surface area contributed by atoms with Crippen LogP contribution in [0.2, 0.25) is 0 Å². The van der Waals surface area contributed by atoms with Gasteiger partial charge < -0.3 is 15.4 Å². The fourth-order valence-corrected chi connectivity index (χ4v) is 4.59. The molecular weight excluding hydrogens is 543 g/mol. The number of hydrogen-bond acceptors (Lipinski definition) is 5. The van der Waals surface area contributed by atoms with Crippen LogP contribution in [0.1, 0.15) is 65.1 Å². The van der Waals surface area contributed by atoms with E-state index in [0.29, 0.717) is 24.3 Å². The van der Waals surface area contributed by atoms with Gasteiger partial charge in [0.15, 0.2) is 5.69 Å².